The summed E-state index contributed by atoms with van der Waals surface area (Å²) in [5.41, 5.74) is 1.57. The quantitative estimate of drug-likeness (QED) is 0.726. The average molecular weight is 383 g/mol. The molecule has 2 aromatic carbocycles. The maximum Gasteiger partial charge on any atom is 0.293 e. The van der Waals surface area contributed by atoms with Gasteiger partial charge in [0.1, 0.15) is 5.75 Å². The first kappa shape index (κ1) is 17.5. The molecule has 2 aliphatic rings. The van der Waals surface area contributed by atoms with Crippen molar-refractivity contribution in [3.05, 3.63) is 58.5 Å². The van der Waals surface area contributed by atoms with Gasteiger partial charge in [0, 0.05) is 11.6 Å². The van der Waals surface area contributed by atoms with Crippen LogP contribution in [0, 0.1) is 0 Å². The van der Waals surface area contributed by atoms with Crippen LogP contribution >= 0.6 is 11.8 Å². The van der Waals surface area contributed by atoms with Crippen molar-refractivity contribution in [2.75, 3.05) is 13.4 Å². The van der Waals surface area contributed by atoms with E-state index in [2.05, 4.69) is 0 Å². The summed E-state index contributed by atoms with van der Waals surface area (Å²) in [7, 11) is 0. The van der Waals surface area contributed by atoms with E-state index in [1.807, 2.05) is 37.3 Å². The average Bonchev–Trinajstić information content (AvgIpc) is 3.22. The van der Waals surface area contributed by atoms with Crippen LogP contribution in [0.25, 0.3) is 6.08 Å². The summed E-state index contributed by atoms with van der Waals surface area (Å²) in [5.74, 6) is 1.46. The summed E-state index contributed by atoms with van der Waals surface area (Å²) in [6.07, 6.45) is 1.67. The molecule has 0 aliphatic carbocycles. The van der Waals surface area contributed by atoms with Gasteiger partial charge < -0.3 is 14.2 Å². The van der Waals surface area contributed by atoms with Crippen LogP contribution in [0.5, 0.6) is 17.2 Å². The summed E-state index contributed by atoms with van der Waals surface area (Å²) in [4.78, 5) is 26.7. The molecule has 1 saturated heterocycles. The predicted molar refractivity (Wildman–Crippen MR) is 102 cm³/mol. The Morgan fingerprint density at radius 2 is 1.89 bits per heavy atom. The van der Waals surface area contributed by atoms with E-state index in [1.165, 1.54) is 4.90 Å². The van der Waals surface area contributed by atoms with Crippen LogP contribution in [0.2, 0.25) is 0 Å². The van der Waals surface area contributed by atoms with Gasteiger partial charge in [0.05, 0.1) is 18.1 Å². The lowest BCUT2D eigenvalue weighted by Crippen LogP contribution is -2.27. The molecule has 0 bridgehead atoms. The second kappa shape index (κ2) is 7.36. The number of hydrogen-bond acceptors (Lipinski definition) is 6. The number of rotatable bonds is 5. The van der Waals surface area contributed by atoms with Crippen molar-refractivity contribution in [2.24, 2.45) is 0 Å². The minimum absolute atomic E-state index is 0.151. The molecule has 27 heavy (non-hydrogen) atoms. The highest BCUT2D eigenvalue weighted by molar-refractivity contribution is 8.18. The maximum absolute atomic E-state index is 12.7. The molecule has 2 heterocycles. The fraction of sp³-hybridized carbons (Fsp3) is 0.200. The third kappa shape index (κ3) is 3.50. The second-order valence-electron chi connectivity index (χ2n) is 5.93. The standard InChI is InChI=1S/C20H17NO5S/c1-2-24-15-10-17-16(25-12-26-17)8-14(15)9-18-19(22)21(20(23)27-18)11-13-6-4-3-5-7-13/h3-10H,2,11-12H2,1H3/b18-9+. The Kier molecular flexibility index (Phi) is 4.77. The van der Waals surface area contributed by atoms with Crippen LogP contribution in [0.3, 0.4) is 0 Å². The van der Waals surface area contributed by atoms with Gasteiger partial charge in [0.25, 0.3) is 11.1 Å². The molecule has 138 valence electrons. The molecule has 0 aromatic heterocycles. The molecule has 0 N–H and O–H groups in total. The van der Waals surface area contributed by atoms with E-state index < -0.39 is 0 Å². The molecule has 2 aromatic rings. The Balaban J connectivity index is 1.63. The van der Waals surface area contributed by atoms with Crippen molar-refractivity contribution in [3.8, 4) is 17.2 Å². The normalized spacial score (nSPS) is 17.1. The molecule has 2 aliphatic heterocycles. The fourth-order valence-corrected chi connectivity index (χ4v) is 3.71. The second-order valence-corrected chi connectivity index (χ2v) is 6.92. The van der Waals surface area contributed by atoms with Gasteiger partial charge in [-0.05, 0) is 36.4 Å². The van der Waals surface area contributed by atoms with Crippen molar-refractivity contribution < 1.29 is 23.8 Å². The number of nitrogens with zero attached hydrogens (tertiary/aromatic N) is 1. The third-order valence-electron chi connectivity index (χ3n) is 4.15. The Morgan fingerprint density at radius 3 is 2.63 bits per heavy atom. The van der Waals surface area contributed by atoms with Gasteiger partial charge in [0.2, 0.25) is 6.79 Å². The van der Waals surface area contributed by atoms with Crippen LogP contribution in [-0.2, 0) is 11.3 Å². The predicted octanol–water partition coefficient (Wildman–Crippen LogP) is 4.05. The maximum atomic E-state index is 12.7. The number of benzene rings is 2. The van der Waals surface area contributed by atoms with Crippen LogP contribution < -0.4 is 14.2 Å². The molecule has 1 fully saturated rings. The fourth-order valence-electron chi connectivity index (χ4n) is 2.88. The van der Waals surface area contributed by atoms with E-state index in [0.717, 1.165) is 17.3 Å². The number of thioether (sulfide) groups is 1. The van der Waals surface area contributed by atoms with Gasteiger partial charge in [-0.25, -0.2) is 0 Å². The molecule has 6 nitrogen and oxygen atoms in total. The highest BCUT2D eigenvalue weighted by atomic mass is 32.2. The number of amides is 2. The van der Waals surface area contributed by atoms with Gasteiger partial charge in [-0.3, -0.25) is 14.5 Å². The summed E-state index contributed by atoms with van der Waals surface area (Å²) >= 11 is 0.927. The van der Waals surface area contributed by atoms with Gasteiger partial charge in [-0.2, -0.15) is 0 Å². The number of ether oxygens (including phenoxy) is 3. The zero-order valence-corrected chi connectivity index (χ0v) is 15.5. The van der Waals surface area contributed by atoms with E-state index in [4.69, 9.17) is 14.2 Å². The molecular weight excluding hydrogens is 366 g/mol. The first-order chi connectivity index (χ1) is 13.2. The SMILES string of the molecule is CCOc1cc2c(cc1/C=C1/SC(=O)N(Cc3ccccc3)C1=O)OCO2. The zero-order chi connectivity index (χ0) is 18.8. The minimum atomic E-state index is -0.311. The molecule has 0 atom stereocenters. The minimum Gasteiger partial charge on any atom is -0.493 e. The number of carbonyl (C=O) groups excluding carboxylic acids is 2. The smallest absolute Gasteiger partial charge is 0.293 e. The molecule has 0 spiro atoms. The molecule has 4 rings (SSSR count). The van der Waals surface area contributed by atoms with Gasteiger partial charge in [-0.1, -0.05) is 30.3 Å². The number of hydrogen-bond donors (Lipinski definition) is 0. The lowest BCUT2D eigenvalue weighted by atomic mass is 10.1. The van der Waals surface area contributed by atoms with Gasteiger partial charge in [-0.15, -0.1) is 0 Å². The van der Waals surface area contributed by atoms with E-state index >= 15 is 0 Å². The van der Waals surface area contributed by atoms with Crippen molar-refractivity contribution in [2.45, 2.75) is 13.5 Å². The van der Waals surface area contributed by atoms with Crippen molar-refractivity contribution in [3.63, 3.8) is 0 Å². The Morgan fingerprint density at radius 1 is 1.15 bits per heavy atom. The third-order valence-corrected chi connectivity index (χ3v) is 5.06. The van der Waals surface area contributed by atoms with Crippen molar-refractivity contribution in [1.82, 2.24) is 4.90 Å². The largest absolute Gasteiger partial charge is 0.493 e. The van der Waals surface area contributed by atoms with Crippen LogP contribution in [-0.4, -0.2) is 29.4 Å². The van der Waals surface area contributed by atoms with E-state index in [1.54, 1.807) is 18.2 Å². The van der Waals surface area contributed by atoms with E-state index in [0.29, 0.717) is 34.3 Å². The van der Waals surface area contributed by atoms with Gasteiger partial charge in [0.15, 0.2) is 11.5 Å². The molecule has 0 saturated carbocycles. The Hall–Kier alpha value is -2.93. The van der Waals surface area contributed by atoms with E-state index in [-0.39, 0.29) is 24.5 Å². The monoisotopic (exact) mass is 383 g/mol. The summed E-state index contributed by atoms with van der Waals surface area (Å²) in [6, 6.07) is 12.9. The zero-order valence-electron chi connectivity index (χ0n) is 14.6. The first-order valence-corrected chi connectivity index (χ1v) is 9.33. The summed E-state index contributed by atoms with van der Waals surface area (Å²) in [6.45, 7) is 2.75. The summed E-state index contributed by atoms with van der Waals surface area (Å²) < 4.78 is 16.4. The van der Waals surface area contributed by atoms with E-state index in [9.17, 15) is 9.59 Å². The number of carbonyl (C=O) groups is 2. The Labute approximate surface area is 160 Å². The van der Waals surface area contributed by atoms with Crippen molar-refractivity contribution in [1.29, 1.82) is 0 Å². The summed E-state index contributed by atoms with van der Waals surface area (Å²) in [5, 5.41) is -0.284. The van der Waals surface area contributed by atoms with Crippen molar-refractivity contribution >= 4 is 29.0 Å². The van der Waals surface area contributed by atoms with Crippen LogP contribution in [0.1, 0.15) is 18.1 Å². The number of imide groups is 1. The molecule has 0 unspecified atom stereocenters. The lowest BCUT2D eigenvalue weighted by molar-refractivity contribution is -0.123. The van der Waals surface area contributed by atoms with Crippen LogP contribution in [0.4, 0.5) is 4.79 Å². The number of fused-ring (bicyclic) bond motifs is 1. The Bertz CT molecular complexity index is 925. The molecule has 7 heteroatoms. The highest BCUT2D eigenvalue weighted by Gasteiger charge is 2.35. The molecule has 2 amide bonds. The molecule has 0 radical (unpaired) electrons. The topological polar surface area (TPSA) is 65.1 Å². The highest BCUT2D eigenvalue weighted by Crippen LogP contribution is 2.41. The lowest BCUT2D eigenvalue weighted by Gasteiger charge is -2.12. The van der Waals surface area contributed by atoms with Crippen LogP contribution in [0.15, 0.2) is 47.4 Å². The first-order valence-electron chi connectivity index (χ1n) is 8.51. The molecular formula is C20H17NO5S. The van der Waals surface area contributed by atoms with Gasteiger partial charge >= 0.3 is 0 Å².